The highest BCUT2D eigenvalue weighted by Gasteiger charge is 2.66. The first-order valence-electron chi connectivity index (χ1n) is 30.3. The standard InChI is InChI=1S/C64H100FN3O9/c1-7-10-12-14-16-18-20-22-24-28-40-66-61(71)75-52-38-39-57-55(46-52)59-53(33-27-30-42-70)50(32-26-29-41-69)45-54-56(67-77-63(4,5)6)47-58(64(76-57,60(54)59)74-43-9-3)68(48-49-34-36-51(65)37-35-49)62(72)73-44-31-25-23-21-19-17-15-13-11-8-2/h9,34-39,45-46,50,53,58-60,69-70H,3,7-8,10-33,40-44,47-48H2,1-2,4-6H3,(H,66,71)/t50-,53+,58-,59+,60+,64+/m0/s1. The van der Waals surface area contributed by atoms with Crippen LogP contribution in [-0.2, 0) is 20.9 Å². The number of fused-ring (bicyclic) bond motifs is 2. The zero-order valence-electron chi connectivity index (χ0n) is 48.1. The van der Waals surface area contributed by atoms with Gasteiger partial charge in [-0.15, -0.1) is 6.58 Å². The minimum atomic E-state index is -1.55. The number of aliphatic hydroxyl groups excluding tert-OH is 2. The smallest absolute Gasteiger partial charge is 0.412 e. The Morgan fingerprint density at radius 2 is 1.40 bits per heavy atom. The molecule has 2 amide bonds. The van der Waals surface area contributed by atoms with E-state index in [9.17, 15) is 19.4 Å². The Balaban J connectivity index is 1.55. The Morgan fingerprint density at radius 3 is 2.00 bits per heavy atom. The van der Waals surface area contributed by atoms with E-state index in [1.165, 1.54) is 95.6 Å². The van der Waals surface area contributed by atoms with Crippen LogP contribution in [0.2, 0.25) is 0 Å². The number of unbranched alkanes of at least 4 members (excludes halogenated alkanes) is 20. The maximum absolute atomic E-state index is 15.1. The van der Waals surface area contributed by atoms with Gasteiger partial charge in [-0.1, -0.05) is 172 Å². The average molecular weight is 1070 g/mol. The van der Waals surface area contributed by atoms with Crippen LogP contribution in [0, 0.1) is 23.6 Å². The van der Waals surface area contributed by atoms with Gasteiger partial charge in [-0.25, -0.2) is 14.0 Å². The summed E-state index contributed by atoms with van der Waals surface area (Å²) in [5, 5.41) is 28.1. The van der Waals surface area contributed by atoms with E-state index in [0.717, 1.165) is 81.8 Å². The quantitative estimate of drug-likeness (QED) is 0.0339. The highest BCUT2D eigenvalue weighted by molar-refractivity contribution is 6.03. The number of hydrogen-bond acceptors (Lipinski definition) is 10. The molecule has 1 saturated carbocycles. The van der Waals surface area contributed by atoms with Crippen molar-refractivity contribution in [2.75, 3.05) is 33.0 Å². The third-order valence-corrected chi connectivity index (χ3v) is 15.7. The van der Waals surface area contributed by atoms with Gasteiger partial charge < -0.3 is 39.3 Å². The van der Waals surface area contributed by atoms with Gasteiger partial charge in [0.1, 0.15) is 29.0 Å². The molecule has 0 radical (unpaired) electrons. The third-order valence-electron chi connectivity index (χ3n) is 15.7. The number of rotatable bonds is 38. The number of allylic oxidation sites excluding steroid dienone is 1. The number of carbonyl (C=O) groups is 2. The van der Waals surface area contributed by atoms with Crippen LogP contribution < -0.4 is 14.8 Å². The molecule has 2 aromatic rings. The number of nitrogens with zero attached hydrogens (tertiary/aromatic N) is 2. The zero-order valence-corrected chi connectivity index (χ0v) is 48.1. The number of carbonyl (C=O) groups excluding carboxylic acids is 2. The lowest BCUT2D eigenvalue weighted by Crippen LogP contribution is -2.70. The Labute approximate surface area is 463 Å². The van der Waals surface area contributed by atoms with Crippen molar-refractivity contribution in [3.8, 4) is 11.5 Å². The summed E-state index contributed by atoms with van der Waals surface area (Å²) >= 11 is 0. The summed E-state index contributed by atoms with van der Waals surface area (Å²) in [6.07, 6.45) is 30.9. The Hall–Kier alpha value is -4.46. The van der Waals surface area contributed by atoms with Crippen molar-refractivity contribution >= 4 is 17.9 Å². The van der Waals surface area contributed by atoms with E-state index in [2.05, 4.69) is 31.8 Å². The summed E-state index contributed by atoms with van der Waals surface area (Å²) in [4.78, 5) is 36.6. The molecule has 0 spiro atoms. The number of hydrogen-bond donors (Lipinski definition) is 3. The van der Waals surface area contributed by atoms with Crippen LogP contribution in [-0.4, -0.2) is 83.4 Å². The number of nitrogens with one attached hydrogen (secondary N) is 1. The summed E-state index contributed by atoms with van der Waals surface area (Å²) in [5.41, 5.74) is 2.41. The van der Waals surface area contributed by atoms with Gasteiger partial charge in [0.2, 0.25) is 5.79 Å². The lowest BCUT2D eigenvalue weighted by Gasteiger charge is -2.60. The molecule has 1 heterocycles. The van der Waals surface area contributed by atoms with Crippen molar-refractivity contribution in [1.29, 1.82) is 0 Å². The second-order valence-electron chi connectivity index (χ2n) is 23.0. The molecule has 77 heavy (non-hydrogen) atoms. The lowest BCUT2D eigenvalue weighted by atomic mass is 9.55. The fourth-order valence-electron chi connectivity index (χ4n) is 11.8. The Morgan fingerprint density at radius 1 is 0.805 bits per heavy atom. The van der Waals surface area contributed by atoms with Crippen LogP contribution in [0.25, 0.3) is 0 Å². The molecule has 0 unspecified atom stereocenters. The minimum Gasteiger partial charge on any atom is -0.459 e. The van der Waals surface area contributed by atoms with Gasteiger partial charge in [-0.05, 0) is 113 Å². The number of amides is 2. The largest absolute Gasteiger partial charge is 0.459 e. The SMILES string of the molecule is C=CCO[C@@]12Oc3ccc(OC(=O)NCCCCCCCCCCCC)cc3[C@H]3[C@H](CCCCO)[C@@H](CCCCO)C=C(C(=NOC(C)(C)C)C[C@@H]1N(Cc1ccc(F)cc1)C(=O)OCCCCCCCCCCCC)[C@H]32. The molecule has 0 aromatic heterocycles. The molecule has 3 N–H and O–H groups in total. The van der Waals surface area contributed by atoms with Crippen molar-refractivity contribution in [3.05, 3.63) is 83.7 Å². The van der Waals surface area contributed by atoms with E-state index in [-0.39, 0.29) is 63.0 Å². The maximum atomic E-state index is 15.1. The Kier molecular flexibility index (Phi) is 28.4. The van der Waals surface area contributed by atoms with Crippen LogP contribution in [0.5, 0.6) is 11.5 Å². The molecular weight excluding hydrogens is 974 g/mol. The molecule has 0 bridgehead atoms. The fourth-order valence-corrected chi connectivity index (χ4v) is 11.8. The van der Waals surface area contributed by atoms with Gasteiger partial charge in [0.15, 0.2) is 0 Å². The molecule has 2 aromatic carbocycles. The highest BCUT2D eigenvalue weighted by atomic mass is 19.1. The van der Waals surface area contributed by atoms with Crippen LogP contribution in [0.3, 0.4) is 0 Å². The van der Waals surface area contributed by atoms with Gasteiger partial charge >= 0.3 is 12.2 Å². The van der Waals surface area contributed by atoms with Gasteiger partial charge in [-0.2, -0.15) is 0 Å². The van der Waals surface area contributed by atoms with Gasteiger partial charge in [0.05, 0.1) is 24.8 Å². The van der Waals surface area contributed by atoms with E-state index in [4.69, 9.17) is 28.9 Å². The van der Waals surface area contributed by atoms with Crippen molar-refractivity contribution < 1.29 is 48.0 Å². The molecule has 3 aliphatic rings. The van der Waals surface area contributed by atoms with E-state index in [1.54, 1.807) is 29.2 Å². The zero-order chi connectivity index (χ0) is 55.3. The van der Waals surface area contributed by atoms with Crippen LogP contribution in [0.4, 0.5) is 14.0 Å². The number of halogens is 1. The molecule has 12 nitrogen and oxygen atoms in total. The van der Waals surface area contributed by atoms with E-state index >= 15 is 4.79 Å². The number of aliphatic hydroxyl groups is 2. The first-order valence-corrected chi connectivity index (χ1v) is 30.3. The first kappa shape index (κ1) is 63.4. The molecule has 5 rings (SSSR count). The predicted octanol–water partition coefficient (Wildman–Crippen LogP) is 15.8. The van der Waals surface area contributed by atoms with E-state index in [1.807, 2.05) is 32.9 Å². The molecular formula is C64H100FN3O9. The van der Waals surface area contributed by atoms with Crippen LogP contribution in [0.15, 0.2) is 71.9 Å². The molecule has 2 aliphatic carbocycles. The molecule has 0 saturated heterocycles. The lowest BCUT2D eigenvalue weighted by molar-refractivity contribution is -0.256. The number of oxime groups is 1. The summed E-state index contributed by atoms with van der Waals surface area (Å²) in [5.74, 6) is -1.98. The predicted molar refractivity (Wildman–Crippen MR) is 307 cm³/mol. The van der Waals surface area contributed by atoms with Crippen molar-refractivity contribution in [1.82, 2.24) is 10.2 Å². The fraction of sp³-hybridized carbons (Fsp3) is 0.703. The summed E-state index contributed by atoms with van der Waals surface area (Å²) in [7, 11) is 0. The molecule has 13 heteroatoms. The molecule has 6 atom stereocenters. The monoisotopic (exact) mass is 1070 g/mol. The van der Waals surface area contributed by atoms with E-state index < -0.39 is 35.5 Å². The third kappa shape index (κ3) is 20.3. The molecule has 1 fully saturated rings. The van der Waals surface area contributed by atoms with Crippen LogP contribution >= 0.6 is 0 Å². The molecule has 1 aliphatic heterocycles. The number of ether oxygens (including phenoxy) is 4. The molecule has 432 valence electrons. The van der Waals surface area contributed by atoms with Gasteiger partial charge in [0, 0.05) is 44.2 Å². The topological polar surface area (TPSA) is 148 Å². The van der Waals surface area contributed by atoms with Crippen LogP contribution in [0.1, 0.15) is 225 Å². The van der Waals surface area contributed by atoms with Crippen molar-refractivity contribution in [2.45, 2.75) is 238 Å². The summed E-state index contributed by atoms with van der Waals surface area (Å²) in [6, 6.07) is 10.8. The van der Waals surface area contributed by atoms with Gasteiger partial charge in [-0.3, -0.25) is 4.90 Å². The minimum absolute atomic E-state index is 0.00575. The normalized spacial score (nSPS) is 21.1. The van der Waals surface area contributed by atoms with E-state index in [0.29, 0.717) is 42.2 Å². The maximum Gasteiger partial charge on any atom is 0.412 e. The highest BCUT2D eigenvalue weighted by Crippen LogP contribution is 2.62. The second kappa shape index (κ2) is 34.5. The number of benzene rings is 2. The summed E-state index contributed by atoms with van der Waals surface area (Å²) in [6.45, 7) is 15.4. The second-order valence-corrected chi connectivity index (χ2v) is 23.0. The van der Waals surface area contributed by atoms with Gasteiger partial charge in [0.25, 0.3) is 0 Å². The summed E-state index contributed by atoms with van der Waals surface area (Å²) < 4.78 is 41.5. The first-order chi connectivity index (χ1) is 37.4. The van der Waals surface area contributed by atoms with Crippen molar-refractivity contribution in [2.24, 2.45) is 22.9 Å². The average Bonchev–Trinajstić information content (AvgIpc) is 3.47. The Bertz CT molecular complexity index is 2090. The van der Waals surface area contributed by atoms with Crippen molar-refractivity contribution in [3.63, 3.8) is 0 Å².